The van der Waals surface area contributed by atoms with E-state index in [1.807, 2.05) is 36.4 Å². The van der Waals surface area contributed by atoms with Crippen molar-refractivity contribution in [2.24, 2.45) is 0 Å². The van der Waals surface area contributed by atoms with E-state index in [1.165, 1.54) is 19.4 Å². The first-order chi connectivity index (χ1) is 19.2. The molecule has 0 saturated carbocycles. The van der Waals surface area contributed by atoms with Crippen molar-refractivity contribution in [3.63, 3.8) is 0 Å². The number of methoxy groups -OCH3 is 1. The summed E-state index contributed by atoms with van der Waals surface area (Å²) >= 11 is 0. The number of nitriles is 1. The fraction of sp³-hybridized carbons (Fsp3) is 0.0690. The highest BCUT2D eigenvalue weighted by atomic mass is 32.2. The zero-order valence-corrected chi connectivity index (χ0v) is 21.8. The van der Waals surface area contributed by atoms with Crippen LogP contribution in [0.3, 0.4) is 0 Å². The summed E-state index contributed by atoms with van der Waals surface area (Å²) < 4.78 is 60.8. The van der Waals surface area contributed by atoms with Gasteiger partial charge in [-0.15, -0.1) is 0 Å². The molecule has 8 nitrogen and oxygen atoms in total. The number of ether oxygens (including phenoxy) is 1. The molecular formula is C29H21F2N5O3S. The third-order valence-corrected chi connectivity index (χ3v) is 7.60. The second-order valence-corrected chi connectivity index (χ2v) is 10.5. The van der Waals surface area contributed by atoms with Crippen LogP contribution in [0.1, 0.15) is 5.56 Å². The van der Waals surface area contributed by atoms with Crippen molar-refractivity contribution in [3.05, 3.63) is 96.2 Å². The third-order valence-electron chi connectivity index (χ3n) is 6.20. The first kappa shape index (κ1) is 26.5. The number of nitrogen functional groups attached to an aromatic ring is 1. The topological polar surface area (TPSA) is 131 Å². The number of nitrogens with one attached hydrogen (secondary N) is 1. The molecule has 2 heterocycles. The van der Waals surface area contributed by atoms with Crippen LogP contribution < -0.4 is 15.2 Å². The second kappa shape index (κ2) is 10.6. The molecule has 0 amide bonds. The molecule has 3 N–H and O–H groups in total. The molecule has 0 aliphatic heterocycles. The fourth-order valence-corrected chi connectivity index (χ4v) is 5.34. The standard InChI is InChI=1S/C29H21F2N5O3S/c1-39-29-26(36-40(37,38)27-9-7-22(30)15-24(27)31)14-21(16-34-29)19-6-8-25-20(12-19)13-23(28(33)35-25)18-4-2-17(3-5-18)10-11-32/h2-9,12-16,36H,10H2,1H3,(H2,33,35). The summed E-state index contributed by atoms with van der Waals surface area (Å²) in [6.07, 6.45) is 1.82. The van der Waals surface area contributed by atoms with Crippen LogP contribution in [0.4, 0.5) is 20.3 Å². The van der Waals surface area contributed by atoms with Crippen molar-refractivity contribution in [2.75, 3.05) is 17.6 Å². The van der Waals surface area contributed by atoms with Gasteiger partial charge in [-0.2, -0.15) is 5.26 Å². The van der Waals surface area contributed by atoms with E-state index in [0.717, 1.165) is 34.2 Å². The van der Waals surface area contributed by atoms with E-state index in [0.29, 0.717) is 34.9 Å². The van der Waals surface area contributed by atoms with Gasteiger partial charge in [-0.1, -0.05) is 30.3 Å². The highest BCUT2D eigenvalue weighted by molar-refractivity contribution is 7.92. The van der Waals surface area contributed by atoms with Crippen molar-refractivity contribution in [3.8, 4) is 34.2 Å². The van der Waals surface area contributed by atoms with Crippen molar-refractivity contribution in [2.45, 2.75) is 11.3 Å². The molecule has 0 radical (unpaired) electrons. The van der Waals surface area contributed by atoms with Crippen LogP contribution in [0.25, 0.3) is 33.2 Å². The molecule has 0 aliphatic carbocycles. The van der Waals surface area contributed by atoms with Gasteiger partial charge in [0.15, 0.2) is 0 Å². The molecule has 0 bridgehead atoms. The lowest BCUT2D eigenvalue weighted by molar-refractivity contribution is 0.400. The van der Waals surface area contributed by atoms with E-state index in [-0.39, 0.29) is 11.6 Å². The van der Waals surface area contributed by atoms with Gasteiger partial charge in [0.2, 0.25) is 5.88 Å². The van der Waals surface area contributed by atoms with Crippen LogP contribution in [-0.2, 0) is 16.4 Å². The van der Waals surface area contributed by atoms with E-state index in [2.05, 4.69) is 20.8 Å². The highest BCUT2D eigenvalue weighted by Crippen LogP contribution is 2.34. The average Bonchev–Trinajstić information content (AvgIpc) is 2.92. The summed E-state index contributed by atoms with van der Waals surface area (Å²) in [5.41, 5.74) is 10.5. The van der Waals surface area contributed by atoms with Gasteiger partial charge in [0.1, 0.15) is 28.0 Å². The van der Waals surface area contributed by atoms with Crippen LogP contribution >= 0.6 is 0 Å². The summed E-state index contributed by atoms with van der Waals surface area (Å²) in [5.74, 6) is -1.81. The van der Waals surface area contributed by atoms with Crippen molar-refractivity contribution >= 4 is 32.4 Å². The largest absolute Gasteiger partial charge is 0.480 e. The minimum Gasteiger partial charge on any atom is -0.480 e. The van der Waals surface area contributed by atoms with Gasteiger partial charge in [0.25, 0.3) is 10.0 Å². The zero-order valence-electron chi connectivity index (χ0n) is 21.0. The number of halogens is 2. The molecule has 3 aromatic carbocycles. The number of rotatable bonds is 7. The Bertz CT molecular complexity index is 1910. The van der Waals surface area contributed by atoms with Crippen LogP contribution in [0.15, 0.2) is 83.9 Å². The van der Waals surface area contributed by atoms with Crippen LogP contribution in [0.5, 0.6) is 5.88 Å². The summed E-state index contributed by atoms with van der Waals surface area (Å²) in [5, 5.41) is 9.68. The number of hydrogen-bond donors (Lipinski definition) is 2. The summed E-state index contributed by atoms with van der Waals surface area (Å²) in [6, 6.07) is 20.6. The highest BCUT2D eigenvalue weighted by Gasteiger charge is 2.22. The molecule has 0 fully saturated rings. The summed E-state index contributed by atoms with van der Waals surface area (Å²) in [7, 11) is -3.11. The Morgan fingerprint density at radius 2 is 1.73 bits per heavy atom. The van der Waals surface area contributed by atoms with Crippen LogP contribution in [0.2, 0.25) is 0 Å². The van der Waals surface area contributed by atoms with Gasteiger partial charge in [0.05, 0.1) is 25.1 Å². The van der Waals surface area contributed by atoms with E-state index in [4.69, 9.17) is 15.7 Å². The number of benzene rings is 3. The Kier molecular flexibility index (Phi) is 7.02. The Hall–Kier alpha value is -5.08. The Morgan fingerprint density at radius 3 is 2.42 bits per heavy atom. The fourth-order valence-electron chi connectivity index (χ4n) is 4.23. The lowest BCUT2D eigenvalue weighted by Gasteiger charge is -2.14. The maximum atomic E-state index is 14.2. The van der Waals surface area contributed by atoms with Gasteiger partial charge < -0.3 is 10.5 Å². The predicted molar refractivity (Wildman–Crippen MR) is 148 cm³/mol. The Balaban J connectivity index is 1.53. The number of pyridine rings is 2. The minimum absolute atomic E-state index is 0.0302. The van der Waals surface area contributed by atoms with Crippen LogP contribution in [-0.4, -0.2) is 25.5 Å². The van der Waals surface area contributed by atoms with Gasteiger partial charge in [-0.3, -0.25) is 4.72 Å². The van der Waals surface area contributed by atoms with Crippen LogP contribution in [0, 0.1) is 23.0 Å². The lowest BCUT2D eigenvalue weighted by atomic mass is 9.99. The number of nitrogens with zero attached hydrogens (tertiary/aromatic N) is 3. The maximum absolute atomic E-state index is 14.2. The van der Waals surface area contributed by atoms with E-state index in [1.54, 1.807) is 12.1 Å². The normalized spacial score (nSPS) is 11.2. The van der Waals surface area contributed by atoms with Gasteiger partial charge in [-0.05, 0) is 53.1 Å². The lowest BCUT2D eigenvalue weighted by Crippen LogP contribution is -2.15. The first-order valence-electron chi connectivity index (χ1n) is 11.9. The quantitative estimate of drug-likeness (QED) is 0.262. The van der Waals surface area contributed by atoms with Crippen molar-refractivity contribution in [1.29, 1.82) is 5.26 Å². The average molecular weight is 558 g/mol. The van der Waals surface area contributed by atoms with E-state index < -0.39 is 26.6 Å². The molecule has 0 unspecified atom stereocenters. The van der Waals surface area contributed by atoms with Gasteiger partial charge in [0, 0.05) is 28.8 Å². The number of fused-ring (bicyclic) bond motifs is 1. The molecule has 5 rings (SSSR count). The van der Waals surface area contributed by atoms with Crippen molar-refractivity contribution in [1.82, 2.24) is 9.97 Å². The Labute approximate surface area is 228 Å². The number of sulfonamides is 1. The molecule has 2 aromatic heterocycles. The summed E-state index contributed by atoms with van der Waals surface area (Å²) in [6.45, 7) is 0. The smallest absolute Gasteiger partial charge is 0.264 e. The van der Waals surface area contributed by atoms with E-state index >= 15 is 0 Å². The number of hydrogen-bond acceptors (Lipinski definition) is 7. The molecule has 5 aromatic rings. The summed E-state index contributed by atoms with van der Waals surface area (Å²) in [4.78, 5) is 8.01. The number of nitrogens with two attached hydrogens (primary N) is 1. The number of aromatic nitrogens is 2. The van der Waals surface area contributed by atoms with Gasteiger partial charge in [-0.25, -0.2) is 27.2 Å². The monoisotopic (exact) mass is 557 g/mol. The van der Waals surface area contributed by atoms with Crippen molar-refractivity contribution < 1.29 is 21.9 Å². The molecular weight excluding hydrogens is 536 g/mol. The number of anilines is 2. The Morgan fingerprint density at radius 1 is 0.975 bits per heavy atom. The first-order valence-corrected chi connectivity index (χ1v) is 13.4. The maximum Gasteiger partial charge on any atom is 0.264 e. The predicted octanol–water partition coefficient (Wildman–Crippen LogP) is 5.70. The van der Waals surface area contributed by atoms with E-state index in [9.17, 15) is 17.2 Å². The van der Waals surface area contributed by atoms with Gasteiger partial charge >= 0.3 is 0 Å². The zero-order chi connectivity index (χ0) is 28.4. The SMILES string of the molecule is COc1ncc(-c2ccc3nc(N)c(-c4ccc(CC#N)cc4)cc3c2)cc1NS(=O)(=O)c1ccc(F)cc1F. The minimum atomic E-state index is -4.43. The third kappa shape index (κ3) is 5.25. The molecule has 0 atom stereocenters. The molecule has 0 spiro atoms. The molecule has 40 heavy (non-hydrogen) atoms. The molecule has 0 aliphatic rings. The molecule has 11 heteroatoms. The molecule has 200 valence electrons. The molecule has 0 saturated heterocycles. The second-order valence-electron chi connectivity index (χ2n) is 8.82.